The van der Waals surface area contributed by atoms with Crippen molar-refractivity contribution in [1.29, 1.82) is 0 Å². The number of likely N-dealkylation sites (tertiary alicyclic amines) is 1. The normalized spacial score (nSPS) is 23.5. The predicted molar refractivity (Wildman–Crippen MR) is 89.3 cm³/mol. The molecule has 1 saturated heterocycles. The summed E-state index contributed by atoms with van der Waals surface area (Å²) in [6.45, 7) is 6.01. The maximum atomic E-state index is 3.92. The Labute approximate surface area is 129 Å². The molecule has 1 aliphatic carbocycles. The second-order valence-corrected chi connectivity index (χ2v) is 7.04. The van der Waals surface area contributed by atoms with Crippen molar-refractivity contribution in [2.75, 3.05) is 13.1 Å². The van der Waals surface area contributed by atoms with Gasteiger partial charge in [0.2, 0.25) is 0 Å². The Balaban J connectivity index is 1.40. The molecule has 0 spiro atoms. The Morgan fingerprint density at radius 2 is 1.71 bits per heavy atom. The maximum absolute atomic E-state index is 3.92. The van der Waals surface area contributed by atoms with Gasteiger partial charge in [-0.15, -0.1) is 0 Å². The highest BCUT2D eigenvalue weighted by Crippen LogP contribution is 2.28. The van der Waals surface area contributed by atoms with Crippen LogP contribution in [0.2, 0.25) is 0 Å². The van der Waals surface area contributed by atoms with Crippen molar-refractivity contribution in [2.24, 2.45) is 5.92 Å². The summed E-state index contributed by atoms with van der Waals surface area (Å²) in [4.78, 5) is 2.60. The fraction of sp³-hybridized carbons (Fsp3) is 0.684. The van der Waals surface area contributed by atoms with Crippen LogP contribution in [0.1, 0.15) is 51.0 Å². The zero-order chi connectivity index (χ0) is 14.5. The van der Waals surface area contributed by atoms with E-state index in [9.17, 15) is 0 Å². The average Bonchev–Trinajstić information content (AvgIpc) is 3.05. The summed E-state index contributed by atoms with van der Waals surface area (Å²) in [6, 6.07) is 12.3. The number of hydrogen-bond donors (Lipinski definition) is 1. The number of nitrogens with zero attached hydrogens (tertiary/aromatic N) is 1. The molecular formula is C19H30N2. The molecule has 1 N–H and O–H groups in total. The highest BCUT2D eigenvalue weighted by atomic mass is 15.1. The minimum absolute atomic E-state index is 0.721. The lowest BCUT2D eigenvalue weighted by Gasteiger charge is -2.35. The number of nitrogens with one attached hydrogen (secondary N) is 1. The molecule has 2 fully saturated rings. The largest absolute Gasteiger partial charge is 0.311 e. The van der Waals surface area contributed by atoms with Crippen molar-refractivity contribution < 1.29 is 0 Å². The molecule has 2 heteroatoms. The Kier molecular flexibility index (Phi) is 5.32. The first-order valence-electron chi connectivity index (χ1n) is 8.83. The first-order valence-corrected chi connectivity index (χ1v) is 8.83. The van der Waals surface area contributed by atoms with Gasteiger partial charge in [-0.1, -0.05) is 43.2 Å². The number of piperidine rings is 1. The number of rotatable bonds is 5. The van der Waals surface area contributed by atoms with E-state index in [1.165, 1.54) is 57.2 Å². The molecule has 2 nitrogen and oxygen atoms in total. The fourth-order valence-corrected chi connectivity index (χ4v) is 4.06. The van der Waals surface area contributed by atoms with Gasteiger partial charge in [-0.3, -0.25) is 4.90 Å². The fourth-order valence-electron chi connectivity index (χ4n) is 4.06. The molecule has 116 valence electrons. The third kappa shape index (κ3) is 4.31. The van der Waals surface area contributed by atoms with Crippen LogP contribution in [0.3, 0.4) is 0 Å². The second kappa shape index (κ2) is 7.42. The number of benzene rings is 1. The number of hydrogen-bond acceptors (Lipinski definition) is 2. The molecule has 0 amide bonds. The summed E-state index contributed by atoms with van der Waals surface area (Å²) in [7, 11) is 0. The lowest BCUT2D eigenvalue weighted by atomic mass is 9.96. The van der Waals surface area contributed by atoms with Gasteiger partial charge in [0.25, 0.3) is 0 Å². The third-order valence-corrected chi connectivity index (χ3v) is 5.44. The van der Waals surface area contributed by atoms with Crippen LogP contribution in [-0.2, 0) is 6.54 Å². The zero-order valence-electron chi connectivity index (χ0n) is 13.4. The van der Waals surface area contributed by atoms with E-state index in [1.807, 2.05) is 0 Å². The van der Waals surface area contributed by atoms with Crippen LogP contribution in [0.4, 0.5) is 0 Å². The minimum atomic E-state index is 0.721. The molecule has 0 unspecified atom stereocenters. The molecule has 1 saturated carbocycles. The van der Waals surface area contributed by atoms with E-state index < -0.39 is 0 Å². The van der Waals surface area contributed by atoms with Gasteiger partial charge in [0.05, 0.1) is 0 Å². The van der Waals surface area contributed by atoms with Crippen LogP contribution in [0.15, 0.2) is 30.3 Å². The molecule has 0 aromatic heterocycles. The minimum Gasteiger partial charge on any atom is -0.311 e. The van der Waals surface area contributed by atoms with Crippen LogP contribution in [-0.4, -0.2) is 30.1 Å². The van der Waals surface area contributed by atoms with Crippen molar-refractivity contribution in [1.82, 2.24) is 10.2 Å². The predicted octanol–water partition coefficient (Wildman–Crippen LogP) is 3.82. The summed E-state index contributed by atoms with van der Waals surface area (Å²) in [6.07, 6.45) is 8.41. The summed E-state index contributed by atoms with van der Waals surface area (Å²) < 4.78 is 0. The van der Waals surface area contributed by atoms with Gasteiger partial charge < -0.3 is 5.32 Å². The summed E-state index contributed by atoms with van der Waals surface area (Å²) in [5.74, 6) is 0.937. The Morgan fingerprint density at radius 3 is 2.38 bits per heavy atom. The van der Waals surface area contributed by atoms with Gasteiger partial charge in [0.1, 0.15) is 0 Å². The van der Waals surface area contributed by atoms with Crippen molar-refractivity contribution in [3.05, 3.63) is 35.9 Å². The molecule has 1 aromatic rings. The first kappa shape index (κ1) is 15.1. The van der Waals surface area contributed by atoms with E-state index in [2.05, 4.69) is 47.5 Å². The van der Waals surface area contributed by atoms with Crippen LogP contribution in [0.25, 0.3) is 0 Å². The van der Waals surface area contributed by atoms with Crippen LogP contribution in [0, 0.1) is 5.92 Å². The van der Waals surface area contributed by atoms with Crippen LogP contribution >= 0.6 is 0 Å². The SMILES string of the molecule is C[C@H](NC1CCN(Cc2ccccc2)CC1)C1CCCC1. The topological polar surface area (TPSA) is 15.3 Å². The van der Waals surface area contributed by atoms with E-state index in [0.717, 1.165) is 24.5 Å². The second-order valence-electron chi connectivity index (χ2n) is 7.04. The summed E-state index contributed by atoms with van der Waals surface area (Å²) in [5.41, 5.74) is 1.45. The van der Waals surface area contributed by atoms with Gasteiger partial charge in [-0.05, 0) is 57.2 Å². The average molecular weight is 286 g/mol. The molecule has 0 radical (unpaired) electrons. The van der Waals surface area contributed by atoms with Gasteiger partial charge >= 0.3 is 0 Å². The van der Waals surface area contributed by atoms with E-state index in [0.29, 0.717) is 0 Å². The van der Waals surface area contributed by atoms with Crippen molar-refractivity contribution >= 4 is 0 Å². The van der Waals surface area contributed by atoms with Gasteiger partial charge in [0, 0.05) is 18.6 Å². The van der Waals surface area contributed by atoms with E-state index in [4.69, 9.17) is 0 Å². The summed E-state index contributed by atoms with van der Waals surface area (Å²) in [5, 5.41) is 3.92. The third-order valence-electron chi connectivity index (χ3n) is 5.44. The lowest BCUT2D eigenvalue weighted by molar-refractivity contribution is 0.178. The van der Waals surface area contributed by atoms with Crippen LogP contribution in [0.5, 0.6) is 0 Å². The molecule has 1 aliphatic heterocycles. The molecule has 2 aliphatic rings. The monoisotopic (exact) mass is 286 g/mol. The molecular weight excluding hydrogens is 256 g/mol. The Hall–Kier alpha value is -0.860. The van der Waals surface area contributed by atoms with Gasteiger partial charge in [-0.25, -0.2) is 0 Å². The quantitative estimate of drug-likeness (QED) is 0.885. The smallest absolute Gasteiger partial charge is 0.0233 e. The Morgan fingerprint density at radius 1 is 1.05 bits per heavy atom. The molecule has 0 bridgehead atoms. The van der Waals surface area contributed by atoms with E-state index in [-0.39, 0.29) is 0 Å². The lowest BCUT2D eigenvalue weighted by Crippen LogP contribution is -2.46. The highest BCUT2D eigenvalue weighted by Gasteiger charge is 2.25. The van der Waals surface area contributed by atoms with Crippen molar-refractivity contribution in [3.8, 4) is 0 Å². The maximum Gasteiger partial charge on any atom is 0.0233 e. The van der Waals surface area contributed by atoms with Crippen LogP contribution < -0.4 is 5.32 Å². The van der Waals surface area contributed by atoms with E-state index >= 15 is 0 Å². The molecule has 3 rings (SSSR count). The molecule has 1 heterocycles. The van der Waals surface area contributed by atoms with Gasteiger partial charge in [-0.2, -0.15) is 0 Å². The zero-order valence-corrected chi connectivity index (χ0v) is 13.4. The first-order chi connectivity index (χ1) is 10.3. The standard InChI is InChI=1S/C19H30N2/c1-16(18-9-5-6-10-18)20-19-11-13-21(14-12-19)15-17-7-3-2-4-8-17/h2-4,7-8,16,18-20H,5-6,9-15H2,1H3/t16-/m0/s1. The van der Waals surface area contributed by atoms with Crippen molar-refractivity contribution in [3.63, 3.8) is 0 Å². The summed E-state index contributed by atoms with van der Waals surface area (Å²) >= 11 is 0. The van der Waals surface area contributed by atoms with Crippen molar-refractivity contribution in [2.45, 2.75) is 64.1 Å². The molecule has 1 atom stereocenters. The molecule has 1 aromatic carbocycles. The highest BCUT2D eigenvalue weighted by molar-refractivity contribution is 5.14. The Bertz CT molecular complexity index is 403. The van der Waals surface area contributed by atoms with E-state index in [1.54, 1.807) is 0 Å². The van der Waals surface area contributed by atoms with Gasteiger partial charge in [0.15, 0.2) is 0 Å². The molecule has 21 heavy (non-hydrogen) atoms.